The molecular formula is C15H18N2O2. The molecule has 1 N–H and O–H groups in total. The van der Waals surface area contributed by atoms with E-state index in [0.717, 1.165) is 18.4 Å². The minimum atomic E-state index is -0.104. The second-order valence-electron chi connectivity index (χ2n) is 5.45. The molecule has 19 heavy (non-hydrogen) atoms. The van der Waals surface area contributed by atoms with Gasteiger partial charge in [-0.3, -0.25) is 9.59 Å². The molecule has 1 aromatic rings. The third kappa shape index (κ3) is 2.35. The van der Waals surface area contributed by atoms with Gasteiger partial charge >= 0.3 is 0 Å². The molecule has 100 valence electrons. The second kappa shape index (κ2) is 4.68. The van der Waals surface area contributed by atoms with E-state index in [4.69, 9.17) is 0 Å². The Kier molecular flexibility index (Phi) is 3.01. The van der Waals surface area contributed by atoms with E-state index in [2.05, 4.69) is 5.32 Å². The van der Waals surface area contributed by atoms with Crippen molar-refractivity contribution in [3.05, 3.63) is 35.9 Å². The lowest BCUT2D eigenvalue weighted by atomic mass is 10.00. The third-order valence-electron chi connectivity index (χ3n) is 4.00. The smallest absolute Gasteiger partial charge is 0.225 e. The molecule has 4 nitrogen and oxygen atoms in total. The van der Waals surface area contributed by atoms with Crippen molar-refractivity contribution in [2.75, 3.05) is 7.05 Å². The zero-order valence-electron chi connectivity index (χ0n) is 11.0. The molecule has 0 bridgehead atoms. The lowest BCUT2D eigenvalue weighted by Crippen LogP contribution is -2.39. The zero-order valence-corrected chi connectivity index (χ0v) is 11.0. The molecule has 0 aromatic heterocycles. The fourth-order valence-electron chi connectivity index (χ4n) is 2.75. The SMILES string of the molecule is CN1C(=O)CC(NC(=O)C2CC2)C1c1ccccc1. The van der Waals surface area contributed by atoms with Gasteiger partial charge in [0.15, 0.2) is 0 Å². The number of benzene rings is 1. The maximum absolute atomic E-state index is 11.9. The molecule has 1 aromatic carbocycles. The molecule has 2 amide bonds. The van der Waals surface area contributed by atoms with Gasteiger partial charge in [0, 0.05) is 19.4 Å². The highest BCUT2D eigenvalue weighted by Gasteiger charge is 2.41. The Balaban J connectivity index is 1.81. The van der Waals surface area contributed by atoms with Crippen molar-refractivity contribution in [1.29, 1.82) is 0 Å². The number of nitrogens with one attached hydrogen (secondary N) is 1. The summed E-state index contributed by atoms with van der Waals surface area (Å²) in [6, 6.07) is 9.76. The topological polar surface area (TPSA) is 49.4 Å². The monoisotopic (exact) mass is 258 g/mol. The normalized spacial score (nSPS) is 26.6. The van der Waals surface area contributed by atoms with Crippen LogP contribution in [-0.4, -0.2) is 29.8 Å². The van der Waals surface area contributed by atoms with Gasteiger partial charge in [0.1, 0.15) is 0 Å². The van der Waals surface area contributed by atoms with Crippen LogP contribution in [0.25, 0.3) is 0 Å². The van der Waals surface area contributed by atoms with E-state index in [9.17, 15) is 9.59 Å². The van der Waals surface area contributed by atoms with Gasteiger partial charge in [-0.15, -0.1) is 0 Å². The van der Waals surface area contributed by atoms with Crippen molar-refractivity contribution in [3.63, 3.8) is 0 Å². The van der Waals surface area contributed by atoms with Crippen LogP contribution >= 0.6 is 0 Å². The molecular weight excluding hydrogens is 240 g/mol. The first-order valence-corrected chi connectivity index (χ1v) is 6.78. The summed E-state index contributed by atoms with van der Waals surface area (Å²) in [5, 5.41) is 3.05. The molecule has 2 aliphatic rings. The summed E-state index contributed by atoms with van der Waals surface area (Å²) >= 11 is 0. The quantitative estimate of drug-likeness (QED) is 0.893. The molecule has 2 atom stereocenters. The predicted octanol–water partition coefficient (Wildman–Crippen LogP) is 1.48. The van der Waals surface area contributed by atoms with Crippen LogP contribution in [0.2, 0.25) is 0 Å². The fraction of sp³-hybridized carbons (Fsp3) is 0.467. The summed E-state index contributed by atoms with van der Waals surface area (Å²) in [5.74, 6) is 0.376. The highest BCUT2D eigenvalue weighted by atomic mass is 16.2. The average molecular weight is 258 g/mol. The molecule has 3 rings (SSSR count). The van der Waals surface area contributed by atoms with Crippen LogP contribution in [-0.2, 0) is 9.59 Å². The maximum atomic E-state index is 11.9. The Morgan fingerprint density at radius 3 is 2.58 bits per heavy atom. The summed E-state index contributed by atoms with van der Waals surface area (Å²) in [4.78, 5) is 25.6. The van der Waals surface area contributed by atoms with Crippen molar-refractivity contribution in [2.45, 2.75) is 31.3 Å². The van der Waals surface area contributed by atoms with Crippen LogP contribution in [0.5, 0.6) is 0 Å². The van der Waals surface area contributed by atoms with Crippen LogP contribution in [0.3, 0.4) is 0 Å². The van der Waals surface area contributed by atoms with Gasteiger partial charge in [-0.2, -0.15) is 0 Å². The first-order valence-electron chi connectivity index (χ1n) is 6.78. The van der Waals surface area contributed by atoms with E-state index >= 15 is 0 Å². The summed E-state index contributed by atoms with van der Waals surface area (Å²) in [6.45, 7) is 0. The molecule has 2 unspecified atom stereocenters. The molecule has 1 aliphatic carbocycles. The summed E-state index contributed by atoms with van der Waals surface area (Å²) in [6.07, 6.45) is 2.37. The van der Waals surface area contributed by atoms with E-state index in [-0.39, 0.29) is 29.8 Å². The van der Waals surface area contributed by atoms with Crippen molar-refractivity contribution in [3.8, 4) is 0 Å². The van der Waals surface area contributed by atoms with Crippen molar-refractivity contribution < 1.29 is 9.59 Å². The van der Waals surface area contributed by atoms with Crippen LogP contribution < -0.4 is 5.32 Å². The number of hydrogen-bond donors (Lipinski definition) is 1. The number of rotatable bonds is 3. The van der Waals surface area contributed by atoms with Crippen LogP contribution in [0.1, 0.15) is 30.9 Å². The molecule has 1 saturated carbocycles. The van der Waals surface area contributed by atoms with Crippen LogP contribution in [0, 0.1) is 5.92 Å². The van der Waals surface area contributed by atoms with Gasteiger partial charge in [0.05, 0.1) is 12.1 Å². The first-order chi connectivity index (χ1) is 9.16. The standard InChI is InChI=1S/C15H18N2O2/c1-17-13(18)9-12(16-15(19)11-7-8-11)14(17)10-5-3-2-4-6-10/h2-6,11-12,14H,7-9H2,1H3,(H,16,19). The molecule has 0 radical (unpaired) electrons. The highest BCUT2D eigenvalue weighted by molar-refractivity contribution is 5.84. The van der Waals surface area contributed by atoms with Gasteiger partial charge < -0.3 is 10.2 Å². The van der Waals surface area contributed by atoms with Crippen molar-refractivity contribution >= 4 is 11.8 Å². The Bertz CT molecular complexity index is 496. The Hall–Kier alpha value is -1.84. The minimum Gasteiger partial charge on any atom is -0.350 e. The summed E-state index contributed by atoms with van der Waals surface area (Å²) in [5.41, 5.74) is 1.08. The Morgan fingerprint density at radius 1 is 1.26 bits per heavy atom. The number of likely N-dealkylation sites (tertiary alicyclic amines) is 1. The maximum Gasteiger partial charge on any atom is 0.225 e. The third-order valence-corrected chi connectivity index (χ3v) is 4.00. The van der Waals surface area contributed by atoms with Crippen LogP contribution in [0.4, 0.5) is 0 Å². The van der Waals surface area contributed by atoms with Gasteiger partial charge in [0.2, 0.25) is 11.8 Å². The van der Waals surface area contributed by atoms with Gasteiger partial charge in [-0.25, -0.2) is 0 Å². The number of likely N-dealkylation sites (N-methyl/N-ethyl adjacent to an activating group) is 1. The van der Waals surface area contributed by atoms with Crippen molar-refractivity contribution in [1.82, 2.24) is 10.2 Å². The van der Waals surface area contributed by atoms with Crippen LogP contribution in [0.15, 0.2) is 30.3 Å². The van der Waals surface area contributed by atoms with E-state index in [0.29, 0.717) is 6.42 Å². The van der Waals surface area contributed by atoms with E-state index in [1.807, 2.05) is 37.4 Å². The zero-order chi connectivity index (χ0) is 13.4. The lowest BCUT2D eigenvalue weighted by Gasteiger charge is -2.26. The summed E-state index contributed by atoms with van der Waals surface area (Å²) in [7, 11) is 1.81. The molecule has 0 spiro atoms. The number of hydrogen-bond acceptors (Lipinski definition) is 2. The Morgan fingerprint density at radius 2 is 1.95 bits per heavy atom. The average Bonchev–Trinajstić information content (AvgIpc) is 3.20. The van der Waals surface area contributed by atoms with E-state index < -0.39 is 0 Å². The first kappa shape index (κ1) is 12.2. The molecule has 1 aliphatic heterocycles. The largest absolute Gasteiger partial charge is 0.350 e. The molecule has 2 fully saturated rings. The number of carbonyl (C=O) groups excluding carboxylic acids is 2. The van der Waals surface area contributed by atoms with Gasteiger partial charge in [0.25, 0.3) is 0 Å². The van der Waals surface area contributed by atoms with Crippen molar-refractivity contribution in [2.24, 2.45) is 5.92 Å². The van der Waals surface area contributed by atoms with E-state index in [1.54, 1.807) is 4.90 Å². The molecule has 1 heterocycles. The van der Waals surface area contributed by atoms with E-state index in [1.165, 1.54) is 0 Å². The molecule has 4 heteroatoms. The number of nitrogens with zero attached hydrogens (tertiary/aromatic N) is 1. The summed E-state index contributed by atoms with van der Waals surface area (Å²) < 4.78 is 0. The number of carbonyl (C=O) groups is 2. The second-order valence-corrected chi connectivity index (χ2v) is 5.45. The fourth-order valence-corrected chi connectivity index (χ4v) is 2.75. The van der Waals surface area contributed by atoms with Gasteiger partial charge in [-0.1, -0.05) is 30.3 Å². The molecule has 1 saturated heterocycles. The Labute approximate surface area is 112 Å². The number of amides is 2. The lowest BCUT2D eigenvalue weighted by molar-refractivity contribution is -0.127. The predicted molar refractivity (Wildman–Crippen MR) is 71.2 cm³/mol. The minimum absolute atomic E-state index is 0.0450. The van der Waals surface area contributed by atoms with Gasteiger partial charge in [-0.05, 0) is 18.4 Å². The highest BCUT2D eigenvalue weighted by Crippen LogP contribution is 2.34.